The van der Waals surface area contributed by atoms with E-state index in [1.807, 2.05) is 18.2 Å². The standard InChI is InChI=1S/C17H15ClFNO/c1-2-20-10-12(16-7-6-13(18)8-17(16)20)11-21-15-5-3-4-14(19)9-15/h3-10H,2,11H2,1H3. The third-order valence-electron chi connectivity index (χ3n) is 3.46. The van der Waals surface area contributed by atoms with Crippen LogP contribution in [0.5, 0.6) is 5.75 Å². The molecule has 0 aliphatic heterocycles. The van der Waals surface area contributed by atoms with Crippen LogP contribution in [-0.2, 0) is 13.2 Å². The fourth-order valence-corrected chi connectivity index (χ4v) is 2.60. The van der Waals surface area contributed by atoms with Gasteiger partial charge in [0.25, 0.3) is 0 Å². The number of fused-ring (bicyclic) bond motifs is 1. The van der Waals surface area contributed by atoms with E-state index in [1.54, 1.807) is 12.1 Å². The van der Waals surface area contributed by atoms with Crippen LogP contribution in [0.1, 0.15) is 12.5 Å². The van der Waals surface area contributed by atoms with Gasteiger partial charge < -0.3 is 9.30 Å². The molecule has 21 heavy (non-hydrogen) atoms. The second kappa shape index (κ2) is 5.78. The van der Waals surface area contributed by atoms with Gasteiger partial charge in [-0.05, 0) is 31.2 Å². The van der Waals surface area contributed by atoms with Crippen molar-refractivity contribution in [2.24, 2.45) is 0 Å². The summed E-state index contributed by atoms with van der Waals surface area (Å²) in [5.74, 6) is 0.233. The Morgan fingerprint density at radius 3 is 2.81 bits per heavy atom. The topological polar surface area (TPSA) is 14.2 Å². The maximum atomic E-state index is 13.2. The second-order valence-electron chi connectivity index (χ2n) is 4.85. The van der Waals surface area contributed by atoms with Crippen LogP contribution in [-0.4, -0.2) is 4.57 Å². The fraction of sp³-hybridized carbons (Fsp3) is 0.176. The summed E-state index contributed by atoms with van der Waals surface area (Å²) in [5.41, 5.74) is 2.15. The molecule has 108 valence electrons. The average molecular weight is 304 g/mol. The minimum absolute atomic E-state index is 0.296. The molecule has 1 aromatic heterocycles. The summed E-state index contributed by atoms with van der Waals surface area (Å²) in [4.78, 5) is 0. The number of hydrogen-bond acceptors (Lipinski definition) is 1. The summed E-state index contributed by atoms with van der Waals surface area (Å²) in [6, 6.07) is 12.0. The molecular weight excluding hydrogens is 289 g/mol. The average Bonchev–Trinajstić information content (AvgIpc) is 2.82. The Morgan fingerprint density at radius 2 is 2.05 bits per heavy atom. The van der Waals surface area contributed by atoms with Crippen molar-refractivity contribution in [2.75, 3.05) is 0 Å². The van der Waals surface area contributed by atoms with Crippen LogP contribution in [0.25, 0.3) is 10.9 Å². The summed E-state index contributed by atoms with van der Waals surface area (Å²) in [7, 11) is 0. The normalized spacial score (nSPS) is 11.0. The summed E-state index contributed by atoms with van der Waals surface area (Å²) < 4.78 is 21.0. The molecular formula is C17H15ClFNO. The zero-order chi connectivity index (χ0) is 14.8. The lowest BCUT2D eigenvalue weighted by Crippen LogP contribution is -1.95. The molecule has 0 aliphatic carbocycles. The van der Waals surface area contributed by atoms with E-state index in [0.29, 0.717) is 17.4 Å². The molecule has 0 saturated heterocycles. The predicted octanol–water partition coefficient (Wildman–Crippen LogP) is 5.03. The van der Waals surface area contributed by atoms with Crippen molar-refractivity contribution in [2.45, 2.75) is 20.1 Å². The van der Waals surface area contributed by atoms with Crippen LogP contribution in [0.4, 0.5) is 4.39 Å². The van der Waals surface area contributed by atoms with E-state index in [2.05, 4.69) is 17.7 Å². The third kappa shape index (κ3) is 2.88. The SMILES string of the molecule is CCn1cc(COc2cccc(F)c2)c2ccc(Cl)cc21. The van der Waals surface area contributed by atoms with Crippen LogP contribution in [0, 0.1) is 5.82 Å². The van der Waals surface area contributed by atoms with E-state index in [1.165, 1.54) is 12.1 Å². The van der Waals surface area contributed by atoms with Crippen LogP contribution < -0.4 is 4.74 Å². The first-order chi connectivity index (χ1) is 10.2. The minimum atomic E-state index is -0.296. The third-order valence-corrected chi connectivity index (χ3v) is 3.69. The van der Waals surface area contributed by atoms with Gasteiger partial charge >= 0.3 is 0 Å². The van der Waals surface area contributed by atoms with Crippen molar-refractivity contribution in [3.05, 3.63) is 65.1 Å². The van der Waals surface area contributed by atoms with Gasteiger partial charge in [0.15, 0.2) is 0 Å². The number of aryl methyl sites for hydroxylation is 1. The van der Waals surface area contributed by atoms with E-state index in [4.69, 9.17) is 16.3 Å². The van der Waals surface area contributed by atoms with Gasteiger partial charge in [-0.15, -0.1) is 0 Å². The Hall–Kier alpha value is -2.00. The molecule has 1 heterocycles. The Bertz CT molecular complexity index is 782. The summed E-state index contributed by atoms with van der Waals surface area (Å²) in [5, 5.41) is 1.82. The highest BCUT2D eigenvalue weighted by molar-refractivity contribution is 6.31. The highest BCUT2D eigenvalue weighted by atomic mass is 35.5. The van der Waals surface area contributed by atoms with Crippen LogP contribution in [0.2, 0.25) is 5.02 Å². The lowest BCUT2D eigenvalue weighted by atomic mass is 10.2. The van der Waals surface area contributed by atoms with E-state index >= 15 is 0 Å². The molecule has 3 rings (SSSR count). The van der Waals surface area contributed by atoms with E-state index in [-0.39, 0.29) is 5.82 Å². The zero-order valence-electron chi connectivity index (χ0n) is 11.6. The molecule has 0 saturated carbocycles. The van der Waals surface area contributed by atoms with Gasteiger partial charge in [0.2, 0.25) is 0 Å². The molecule has 0 radical (unpaired) electrons. The Kier molecular flexibility index (Phi) is 3.84. The number of benzene rings is 2. The summed E-state index contributed by atoms with van der Waals surface area (Å²) in [6.07, 6.45) is 2.06. The largest absolute Gasteiger partial charge is 0.489 e. The summed E-state index contributed by atoms with van der Waals surface area (Å²) in [6.45, 7) is 3.34. The number of hydrogen-bond donors (Lipinski definition) is 0. The Balaban J connectivity index is 1.90. The van der Waals surface area contributed by atoms with Gasteiger partial charge in [-0.3, -0.25) is 0 Å². The van der Waals surface area contributed by atoms with Crippen molar-refractivity contribution in [1.82, 2.24) is 4.57 Å². The van der Waals surface area contributed by atoms with Crippen LogP contribution in [0.3, 0.4) is 0 Å². The zero-order valence-corrected chi connectivity index (χ0v) is 12.4. The predicted molar refractivity (Wildman–Crippen MR) is 83.4 cm³/mol. The molecule has 0 spiro atoms. The number of nitrogens with zero attached hydrogens (tertiary/aromatic N) is 1. The lowest BCUT2D eigenvalue weighted by Gasteiger charge is -2.05. The van der Waals surface area contributed by atoms with E-state index < -0.39 is 0 Å². The molecule has 3 aromatic rings. The first kappa shape index (κ1) is 14.0. The number of ether oxygens (including phenoxy) is 1. The Labute approximate surface area is 127 Å². The molecule has 0 N–H and O–H groups in total. The maximum Gasteiger partial charge on any atom is 0.126 e. The first-order valence-corrected chi connectivity index (χ1v) is 7.21. The number of rotatable bonds is 4. The van der Waals surface area contributed by atoms with E-state index in [0.717, 1.165) is 23.0 Å². The van der Waals surface area contributed by atoms with Crippen molar-refractivity contribution < 1.29 is 9.13 Å². The van der Waals surface area contributed by atoms with Gasteiger partial charge in [-0.25, -0.2) is 4.39 Å². The molecule has 0 atom stereocenters. The molecule has 0 amide bonds. The molecule has 0 aliphatic rings. The highest BCUT2D eigenvalue weighted by Crippen LogP contribution is 2.26. The molecule has 2 nitrogen and oxygen atoms in total. The molecule has 0 bridgehead atoms. The minimum Gasteiger partial charge on any atom is -0.489 e. The van der Waals surface area contributed by atoms with Crippen LogP contribution >= 0.6 is 11.6 Å². The van der Waals surface area contributed by atoms with Gasteiger partial charge in [0.05, 0.1) is 0 Å². The van der Waals surface area contributed by atoms with Crippen molar-refractivity contribution >= 4 is 22.5 Å². The van der Waals surface area contributed by atoms with Gasteiger partial charge in [0, 0.05) is 40.3 Å². The smallest absolute Gasteiger partial charge is 0.126 e. The molecule has 2 aromatic carbocycles. The maximum absolute atomic E-state index is 13.2. The number of halogens is 2. The van der Waals surface area contributed by atoms with Crippen molar-refractivity contribution in [3.63, 3.8) is 0 Å². The first-order valence-electron chi connectivity index (χ1n) is 6.83. The van der Waals surface area contributed by atoms with Crippen LogP contribution in [0.15, 0.2) is 48.7 Å². The lowest BCUT2D eigenvalue weighted by molar-refractivity contribution is 0.305. The van der Waals surface area contributed by atoms with E-state index in [9.17, 15) is 4.39 Å². The molecule has 4 heteroatoms. The number of aromatic nitrogens is 1. The molecule has 0 fully saturated rings. The Morgan fingerprint density at radius 1 is 1.19 bits per heavy atom. The van der Waals surface area contributed by atoms with Crippen molar-refractivity contribution in [1.29, 1.82) is 0 Å². The molecule has 0 unspecified atom stereocenters. The fourth-order valence-electron chi connectivity index (χ4n) is 2.44. The quantitative estimate of drug-likeness (QED) is 0.659. The second-order valence-corrected chi connectivity index (χ2v) is 5.28. The summed E-state index contributed by atoms with van der Waals surface area (Å²) >= 11 is 6.06. The highest BCUT2D eigenvalue weighted by Gasteiger charge is 2.09. The van der Waals surface area contributed by atoms with Gasteiger partial charge in [-0.1, -0.05) is 23.7 Å². The monoisotopic (exact) mass is 303 g/mol. The van der Waals surface area contributed by atoms with Gasteiger partial charge in [-0.2, -0.15) is 0 Å². The van der Waals surface area contributed by atoms with Gasteiger partial charge in [0.1, 0.15) is 18.2 Å². The van der Waals surface area contributed by atoms with Crippen molar-refractivity contribution in [3.8, 4) is 5.75 Å².